The Morgan fingerprint density at radius 1 is 1.03 bits per heavy atom. The van der Waals surface area contributed by atoms with Gasteiger partial charge in [-0.3, -0.25) is 4.63 Å². The lowest BCUT2D eigenvalue weighted by molar-refractivity contribution is 0.355. The molecule has 0 aliphatic heterocycles. The van der Waals surface area contributed by atoms with Gasteiger partial charge in [0.2, 0.25) is 10.0 Å². The number of methoxy groups -OCH3 is 2. The topological polar surface area (TPSA) is 107 Å². The molecule has 0 bridgehead atoms. The van der Waals surface area contributed by atoms with Crippen LogP contribution in [-0.4, -0.2) is 52.3 Å². The van der Waals surface area contributed by atoms with Crippen molar-refractivity contribution in [2.45, 2.75) is 11.4 Å². The van der Waals surface area contributed by atoms with E-state index in [-0.39, 0.29) is 4.90 Å². The molecule has 0 spiro atoms. The zero-order valence-electron chi connectivity index (χ0n) is 18.6. The van der Waals surface area contributed by atoms with Crippen molar-refractivity contribution in [3.05, 3.63) is 66.4 Å². The van der Waals surface area contributed by atoms with Gasteiger partial charge in [-0.15, -0.1) is 5.10 Å². The number of benzene rings is 2. The van der Waals surface area contributed by atoms with Crippen molar-refractivity contribution in [2.24, 2.45) is 0 Å². The number of sulfonamides is 1. The zero-order chi connectivity index (χ0) is 23.4. The summed E-state index contributed by atoms with van der Waals surface area (Å²) in [5.41, 5.74) is 3.34. The predicted molar refractivity (Wildman–Crippen MR) is 131 cm³/mol. The van der Waals surface area contributed by atoms with Crippen LogP contribution < -0.4 is 19.4 Å². The number of rotatable bonds is 9. The summed E-state index contributed by atoms with van der Waals surface area (Å²) in [5, 5.41) is 7.95. The summed E-state index contributed by atoms with van der Waals surface area (Å²) in [6.07, 6.45) is 1.76. The van der Waals surface area contributed by atoms with Crippen molar-refractivity contribution in [3.63, 3.8) is 0 Å². The summed E-state index contributed by atoms with van der Waals surface area (Å²) in [4.78, 5) is 4.68. The Hall–Kier alpha value is -3.50. The van der Waals surface area contributed by atoms with Gasteiger partial charge in [-0.1, -0.05) is 12.1 Å². The second kappa shape index (κ2) is 9.55. The predicted octanol–water partition coefficient (Wildman–Crippen LogP) is 1.20. The normalized spacial score (nSPS) is 11.3. The number of imidazole rings is 1. The Balaban J connectivity index is 1.54. The maximum atomic E-state index is 12.1. The molecule has 0 fully saturated rings. The van der Waals surface area contributed by atoms with Gasteiger partial charge >= 0.3 is 0 Å². The monoisotopic (exact) mass is 463 g/mol. The van der Waals surface area contributed by atoms with E-state index in [0.29, 0.717) is 36.8 Å². The fraction of sp³-hybridized carbons (Fsp3) is 0.143. The average molecular weight is 463 g/mol. The minimum absolute atomic E-state index is 0.241. The molecular formula is C21H23B2N5O4S. The number of nitrogens with zero attached hydrogens (tertiary/aromatic N) is 3. The van der Waals surface area contributed by atoms with Crippen molar-refractivity contribution in [3.8, 4) is 22.8 Å². The molecule has 2 aromatic carbocycles. The fourth-order valence-electron chi connectivity index (χ4n) is 3.41. The number of hydrogen-bond donors (Lipinski definition) is 2. The Bertz CT molecular complexity index is 1380. The number of nitrogens with one attached hydrogen (secondary N) is 2. The standard InChI is InChI=1S/C21H23B2N5O4S/c1-31-18-8-5-15(11-19(18)32-2)17-13-25-21-10-9-20(26-28(17)21)24-12-14-3-6-16(7-4-14)33(29,30)27-23-22/h3-11,13,23,27H,12,22H2,1-2H3,(H,24,26). The fourth-order valence-corrected chi connectivity index (χ4v) is 4.45. The van der Waals surface area contributed by atoms with Gasteiger partial charge in [-0.2, -0.15) is 0 Å². The first-order valence-electron chi connectivity index (χ1n) is 10.3. The first-order valence-corrected chi connectivity index (χ1v) is 11.8. The Morgan fingerprint density at radius 2 is 1.79 bits per heavy atom. The van der Waals surface area contributed by atoms with Crippen LogP contribution in [0.25, 0.3) is 16.9 Å². The Kier molecular flexibility index (Phi) is 6.57. The quantitative estimate of drug-likeness (QED) is 0.360. The second-order valence-corrected chi connectivity index (χ2v) is 8.97. The van der Waals surface area contributed by atoms with Crippen LogP contribution in [0.4, 0.5) is 5.82 Å². The molecule has 0 radical (unpaired) electrons. The highest BCUT2D eigenvalue weighted by Gasteiger charge is 2.13. The Morgan fingerprint density at radius 3 is 2.48 bits per heavy atom. The molecule has 2 heterocycles. The molecule has 0 aliphatic carbocycles. The van der Waals surface area contributed by atoms with Gasteiger partial charge in [0, 0.05) is 12.1 Å². The number of aromatic nitrogens is 3. The molecule has 0 aliphatic rings. The van der Waals surface area contributed by atoms with E-state index in [4.69, 9.17) is 9.47 Å². The van der Waals surface area contributed by atoms with Crippen molar-refractivity contribution in [1.82, 2.24) is 19.2 Å². The lowest BCUT2D eigenvalue weighted by atomic mass is 9.69. The van der Waals surface area contributed by atoms with Gasteiger partial charge < -0.3 is 14.8 Å². The van der Waals surface area contributed by atoms with Crippen molar-refractivity contribution >= 4 is 36.5 Å². The molecule has 4 aromatic rings. The molecule has 33 heavy (non-hydrogen) atoms. The maximum absolute atomic E-state index is 12.1. The number of ether oxygens (including phenoxy) is 2. The largest absolute Gasteiger partial charge is 0.493 e. The summed E-state index contributed by atoms with van der Waals surface area (Å²) < 4.78 is 39.1. The van der Waals surface area contributed by atoms with E-state index in [1.807, 2.05) is 30.3 Å². The van der Waals surface area contributed by atoms with Crippen LogP contribution in [0.3, 0.4) is 0 Å². The number of fused-ring (bicyclic) bond motifs is 1. The van der Waals surface area contributed by atoms with Crippen LogP contribution >= 0.6 is 0 Å². The Labute approximate surface area is 193 Å². The highest BCUT2D eigenvalue weighted by Crippen LogP contribution is 2.32. The van der Waals surface area contributed by atoms with Gasteiger partial charge in [0.05, 0.1) is 38.7 Å². The van der Waals surface area contributed by atoms with E-state index < -0.39 is 10.0 Å². The van der Waals surface area contributed by atoms with Crippen LogP contribution in [0.5, 0.6) is 11.5 Å². The van der Waals surface area contributed by atoms with Gasteiger partial charge in [0.1, 0.15) is 5.82 Å². The SMILES string of the molecule is BBNS(=O)(=O)c1ccc(CNc2ccc3ncc(-c4ccc(OC)c(OC)c4)n3n2)cc1. The van der Waals surface area contributed by atoms with Crippen molar-refractivity contribution in [2.75, 3.05) is 19.5 Å². The highest BCUT2D eigenvalue weighted by atomic mass is 32.2. The first kappa shape index (κ1) is 22.7. The molecule has 0 amide bonds. The summed E-state index contributed by atoms with van der Waals surface area (Å²) in [7, 11) is 1.82. The summed E-state index contributed by atoms with van der Waals surface area (Å²) in [5.74, 6) is 1.93. The summed E-state index contributed by atoms with van der Waals surface area (Å²) in [6.45, 7) is 0.487. The van der Waals surface area contributed by atoms with Crippen LogP contribution in [0, 0.1) is 0 Å². The van der Waals surface area contributed by atoms with Gasteiger partial charge in [0.25, 0.3) is 0 Å². The zero-order valence-corrected chi connectivity index (χ0v) is 19.4. The molecule has 2 N–H and O–H groups in total. The van der Waals surface area contributed by atoms with E-state index in [9.17, 15) is 8.42 Å². The van der Waals surface area contributed by atoms with Crippen LogP contribution in [-0.2, 0) is 16.6 Å². The highest BCUT2D eigenvalue weighted by molar-refractivity contribution is 7.90. The van der Waals surface area contributed by atoms with E-state index in [2.05, 4.69) is 20.0 Å². The van der Waals surface area contributed by atoms with Crippen LogP contribution in [0.15, 0.2) is 65.7 Å². The second-order valence-electron chi connectivity index (χ2n) is 7.20. The summed E-state index contributed by atoms with van der Waals surface area (Å²) in [6, 6.07) is 16.1. The smallest absolute Gasteiger partial charge is 0.229 e. The number of anilines is 1. The third-order valence-corrected chi connectivity index (χ3v) is 6.64. The molecule has 0 saturated heterocycles. The van der Waals surface area contributed by atoms with Gasteiger partial charge in [-0.25, -0.2) is 17.9 Å². The van der Waals surface area contributed by atoms with E-state index in [1.165, 1.54) is 0 Å². The molecule has 12 heteroatoms. The molecule has 9 nitrogen and oxygen atoms in total. The summed E-state index contributed by atoms with van der Waals surface area (Å²) >= 11 is 0. The molecule has 0 saturated carbocycles. The van der Waals surface area contributed by atoms with E-state index in [0.717, 1.165) is 16.8 Å². The van der Waals surface area contributed by atoms with E-state index in [1.54, 1.807) is 56.9 Å². The van der Waals surface area contributed by atoms with Crippen LogP contribution in [0.2, 0.25) is 0 Å². The molecular weight excluding hydrogens is 440 g/mol. The van der Waals surface area contributed by atoms with Gasteiger partial charge in [-0.05, 0) is 48.0 Å². The molecule has 168 valence electrons. The van der Waals surface area contributed by atoms with Crippen molar-refractivity contribution < 1.29 is 17.9 Å². The first-order chi connectivity index (χ1) is 15.9. The molecule has 0 unspecified atom stereocenters. The van der Waals surface area contributed by atoms with Gasteiger partial charge in [0.15, 0.2) is 24.5 Å². The molecule has 0 atom stereocenters. The minimum Gasteiger partial charge on any atom is -0.493 e. The van der Waals surface area contributed by atoms with Crippen LogP contribution in [0.1, 0.15) is 5.56 Å². The number of hydrogen-bond acceptors (Lipinski definition) is 7. The lowest BCUT2D eigenvalue weighted by Gasteiger charge is -2.10. The lowest BCUT2D eigenvalue weighted by Crippen LogP contribution is -2.27. The third kappa shape index (κ3) is 4.81. The van der Waals surface area contributed by atoms with E-state index >= 15 is 0 Å². The minimum atomic E-state index is -3.46. The molecule has 4 rings (SSSR count). The average Bonchev–Trinajstić information content (AvgIpc) is 3.26. The maximum Gasteiger partial charge on any atom is 0.229 e. The van der Waals surface area contributed by atoms with Crippen molar-refractivity contribution in [1.29, 1.82) is 0 Å². The third-order valence-electron chi connectivity index (χ3n) is 5.08. The molecule has 2 aromatic heterocycles.